The summed E-state index contributed by atoms with van der Waals surface area (Å²) in [7, 11) is 0. The third-order valence-electron chi connectivity index (χ3n) is 5.26. The van der Waals surface area contributed by atoms with Crippen molar-refractivity contribution in [1.29, 1.82) is 0 Å². The van der Waals surface area contributed by atoms with Crippen LogP contribution in [-0.2, 0) is 17.8 Å². The number of carbonyl (C=O) groups excluding carboxylic acids is 1. The van der Waals surface area contributed by atoms with E-state index in [2.05, 4.69) is 20.3 Å². The van der Waals surface area contributed by atoms with Crippen LogP contribution in [0.3, 0.4) is 0 Å². The lowest BCUT2D eigenvalue weighted by molar-refractivity contribution is -0.121. The van der Waals surface area contributed by atoms with E-state index in [-0.39, 0.29) is 18.1 Å². The molecule has 5 aromatic rings. The zero-order valence-corrected chi connectivity index (χ0v) is 17.6. The second-order valence-corrected chi connectivity index (χ2v) is 7.50. The molecule has 2 aromatic carbocycles. The van der Waals surface area contributed by atoms with Crippen LogP contribution < -0.4 is 5.32 Å². The van der Waals surface area contributed by atoms with Gasteiger partial charge in [-0.2, -0.15) is 0 Å². The maximum Gasteiger partial charge on any atom is 0.220 e. The number of pyridine rings is 1. The molecular weight excluding hydrogens is 421 g/mol. The molecule has 0 radical (unpaired) electrons. The minimum Gasteiger partial charge on any atom is -0.441 e. The predicted molar refractivity (Wildman–Crippen MR) is 121 cm³/mol. The number of carbonyl (C=O) groups is 1. The van der Waals surface area contributed by atoms with Crippen LogP contribution in [0.15, 0.2) is 83.8 Å². The molecule has 1 N–H and O–H groups in total. The number of halogens is 1. The van der Waals surface area contributed by atoms with Crippen molar-refractivity contribution in [3.63, 3.8) is 0 Å². The summed E-state index contributed by atoms with van der Waals surface area (Å²) in [6.07, 6.45) is 5.49. The maximum absolute atomic E-state index is 13.9. The summed E-state index contributed by atoms with van der Waals surface area (Å²) in [6.45, 7) is 0.364. The van der Waals surface area contributed by atoms with Gasteiger partial charge in [-0.3, -0.25) is 9.36 Å². The van der Waals surface area contributed by atoms with Gasteiger partial charge in [0.25, 0.3) is 0 Å². The van der Waals surface area contributed by atoms with Gasteiger partial charge in [-0.1, -0.05) is 30.3 Å². The molecule has 0 aliphatic carbocycles. The lowest BCUT2D eigenvalue weighted by atomic mass is 10.2. The Morgan fingerprint density at radius 3 is 2.67 bits per heavy atom. The van der Waals surface area contributed by atoms with Crippen molar-refractivity contribution in [2.75, 3.05) is 0 Å². The van der Waals surface area contributed by atoms with Gasteiger partial charge in [0.15, 0.2) is 11.7 Å². The highest BCUT2D eigenvalue weighted by Gasteiger charge is 2.12. The smallest absolute Gasteiger partial charge is 0.220 e. The molecule has 0 unspecified atom stereocenters. The first kappa shape index (κ1) is 20.6. The van der Waals surface area contributed by atoms with Crippen LogP contribution in [0.5, 0.6) is 0 Å². The molecule has 0 atom stereocenters. The number of hydrogen-bond donors (Lipinski definition) is 1. The van der Waals surface area contributed by atoms with Crippen molar-refractivity contribution >= 4 is 16.9 Å². The average molecular weight is 441 g/mol. The van der Waals surface area contributed by atoms with Gasteiger partial charge in [0.05, 0.1) is 22.8 Å². The number of benzene rings is 2. The third kappa shape index (κ3) is 4.50. The summed E-state index contributed by atoms with van der Waals surface area (Å²) in [5, 5.41) is 2.87. The van der Waals surface area contributed by atoms with Gasteiger partial charge in [0.1, 0.15) is 18.0 Å². The molecule has 0 saturated heterocycles. The standard InChI is InChI=1S/C25H20FN5O2/c26-19-6-2-1-5-18(19)22-15-29-25(33-22)12-11-24(32)28-14-17-9-10-23(27-13-17)31-16-30-20-7-3-4-8-21(20)31/h1-10,13,15-16H,11-12,14H2,(H,28,32). The van der Waals surface area contributed by atoms with Gasteiger partial charge in [0.2, 0.25) is 5.91 Å². The lowest BCUT2D eigenvalue weighted by Gasteiger charge is -2.07. The van der Waals surface area contributed by atoms with Gasteiger partial charge < -0.3 is 9.73 Å². The molecule has 33 heavy (non-hydrogen) atoms. The number of oxazole rings is 1. The van der Waals surface area contributed by atoms with Crippen molar-refractivity contribution in [3.05, 3.63) is 96.7 Å². The SMILES string of the molecule is O=C(CCc1ncc(-c2ccccc2F)o1)NCc1ccc(-n2cnc3ccccc32)nc1. The van der Waals surface area contributed by atoms with E-state index in [0.717, 1.165) is 22.4 Å². The van der Waals surface area contributed by atoms with E-state index in [9.17, 15) is 9.18 Å². The minimum absolute atomic E-state index is 0.134. The first-order valence-electron chi connectivity index (χ1n) is 10.5. The highest BCUT2D eigenvalue weighted by atomic mass is 19.1. The second-order valence-electron chi connectivity index (χ2n) is 7.50. The van der Waals surface area contributed by atoms with Gasteiger partial charge in [0, 0.05) is 25.6 Å². The molecule has 8 heteroatoms. The van der Waals surface area contributed by atoms with E-state index in [1.807, 2.05) is 41.0 Å². The molecule has 5 rings (SSSR count). The molecule has 0 aliphatic heterocycles. The van der Waals surface area contributed by atoms with Crippen molar-refractivity contribution in [1.82, 2.24) is 24.8 Å². The largest absolute Gasteiger partial charge is 0.441 e. The Kier molecular flexibility index (Phi) is 5.63. The first-order valence-corrected chi connectivity index (χ1v) is 10.5. The first-order chi connectivity index (χ1) is 16.2. The van der Waals surface area contributed by atoms with E-state index in [0.29, 0.717) is 30.2 Å². The fraction of sp³-hybridized carbons (Fsp3) is 0.120. The predicted octanol–water partition coefficient (Wildman–Crippen LogP) is 4.46. The van der Waals surface area contributed by atoms with Crippen LogP contribution in [0.2, 0.25) is 0 Å². The van der Waals surface area contributed by atoms with Crippen molar-refractivity contribution in [3.8, 4) is 17.1 Å². The Hall–Kier alpha value is -4.33. The summed E-state index contributed by atoms with van der Waals surface area (Å²) in [6, 6.07) is 18.0. The number of nitrogens with zero attached hydrogens (tertiary/aromatic N) is 4. The van der Waals surface area contributed by atoms with E-state index in [1.54, 1.807) is 30.7 Å². The summed E-state index contributed by atoms with van der Waals surface area (Å²) >= 11 is 0. The number of nitrogens with one attached hydrogen (secondary N) is 1. The number of amides is 1. The lowest BCUT2D eigenvalue weighted by Crippen LogP contribution is -2.23. The summed E-state index contributed by atoms with van der Waals surface area (Å²) in [5.41, 5.74) is 3.12. The molecule has 3 heterocycles. The molecule has 0 fully saturated rings. The fourth-order valence-corrected chi connectivity index (χ4v) is 3.53. The van der Waals surface area contributed by atoms with Gasteiger partial charge in [-0.25, -0.2) is 19.3 Å². The van der Waals surface area contributed by atoms with E-state index >= 15 is 0 Å². The number of imidazole rings is 1. The molecule has 0 bridgehead atoms. The fourth-order valence-electron chi connectivity index (χ4n) is 3.53. The summed E-state index contributed by atoms with van der Waals surface area (Å²) < 4.78 is 21.4. The van der Waals surface area contributed by atoms with Crippen LogP contribution >= 0.6 is 0 Å². The van der Waals surface area contributed by atoms with E-state index < -0.39 is 0 Å². The Balaban J connectivity index is 1.15. The second kappa shape index (κ2) is 9.04. The van der Waals surface area contributed by atoms with Crippen molar-refractivity contribution < 1.29 is 13.6 Å². The third-order valence-corrected chi connectivity index (χ3v) is 5.26. The minimum atomic E-state index is -0.376. The number of aromatic nitrogens is 4. The van der Waals surface area contributed by atoms with Gasteiger partial charge in [-0.15, -0.1) is 0 Å². The highest BCUT2D eigenvalue weighted by molar-refractivity contribution is 5.77. The van der Waals surface area contributed by atoms with Crippen molar-refractivity contribution in [2.45, 2.75) is 19.4 Å². The molecule has 7 nitrogen and oxygen atoms in total. The topological polar surface area (TPSA) is 85.8 Å². The Morgan fingerprint density at radius 2 is 1.82 bits per heavy atom. The van der Waals surface area contributed by atoms with Crippen LogP contribution in [0, 0.1) is 5.82 Å². The zero-order valence-electron chi connectivity index (χ0n) is 17.6. The van der Waals surface area contributed by atoms with Crippen LogP contribution in [0.4, 0.5) is 4.39 Å². The molecule has 0 aliphatic rings. The molecular formula is C25H20FN5O2. The zero-order chi connectivity index (χ0) is 22.6. The molecule has 164 valence electrons. The Bertz CT molecular complexity index is 1410. The molecule has 3 aromatic heterocycles. The molecule has 1 amide bonds. The van der Waals surface area contributed by atoms with Gasteiger partial charge >= 0.3 is 0 Å². The van der Waals surface area contributed by atoms with Crippen LogP contribution in [0.1, 0.15) is 17.9 Å². The Morgan fingerprint density at radius 1 is 0.970 bits per heavy atom. The number of fused-ring (bicyclic) bond motifs is 1. The van der Waals surface area contributed by atoms with Crippen LogP contribution in [0.25, 0.3) is 28.2 Å². The number of aryl methyl sites for hydroxylation is 1. The number of hydrogen-bond acceptors (Lipinski definition) is 5. The van der Waals surface area contributed by atoms with E-state index in [1.165, 1.54) is 12.3 Å². The molecule has 0 spiro atoms. The Labute approximate surface area is 188 Å². The number of rotatable bonds is 7. The molecule has 0 saturated carbocycles. The highest BCUT2D eigenvalue weighted by Crippen LogP contribution is 2.23. The normalized spacial score (nSPS) is 11.1. The summed E-state index contributed by atoms with van der Waals surface area (Å²) in [4.78, 5) is 25.3. The number of para-hydroxylation sites is 2. The average Bonchev–Trinajstić information content (AvgIpc) is 3.49. The quantitative estimate of drug-likeness (QED) is 0.403. The van der Waals surface area contributed by atoms with Gasteiger partial charge in [-0.05, 0) is 35.9 Å². The maximum atomic E-state index is 13.9. The summed E-state index contributed by atoms with van der Waals surface area (Å²) in [5.74, 6) is 0.986. The van der Waals surface area contributed by atoms with Crippen molar-refractivity contribution in [2.24, 2.45) is 0 Å². The van der Waals surface area contributed by atoms with Crippen LogP contribution in [-0.4, -0.2) is 25.4 Å². The monoisotopic (exact) mass is 441 g/mol. The van der Waals surface area contributed by atoms with E-state index in [4.69, 9.17) is 4.42 Å².